The molecular weight excluding hydrogens is 568 g/mol. The van der Waals surface area contributed by atoms with Crippen molar-refractivity contribution in [2.24, 2.45) is 5.92 Å². The highest BCUT2D eigenvalue weighted by molar-refractivity contribution is 5.95. The maximum Gasteiger partial charge on any atom is 0.251 e. The molecule has 2 fully saturated rings. The average Bonchev–Trinajstić information content (AvgIpc) is 3.48. The molecule has 0 bridgehead atoms. The molecule has 11 heteroatoms. The maximum absolute atomic E-state index is 13.2. The topological polar surface area (TPSA) is 156 Å². The van der Waals surface area contributed by atoms with Gasteiger partial charge in [0.05, 0.1) is 18.0 Å². The summed E-state index contributed by atoms with van der Waals surface area (Å²) in [6.45, 7) is 4.71. The monoisotopic (exact) mass is 608 g/mol. The summed E-state index contributed by atoms with van der Waals surface area (Å²) in [6.07, 6.45) is 3.59. The number of nitrogens with one attached hydrogen (secondary N) is 4. The van der Waals surface area contributed by atoms with Gasteiger partial charge in [-0.1, -0.05) is 26.0 Å². The molecule has 11 nitrogen and oxygen atoms in total. The van der Waals surface area contributed by atoms with Gasteiger partial charge in [0, 0.05) is 37.2 Å². The van der Waals surface area contributed by atoms with Crippen LogP contribution in [0.3, 0.4) is 0 Å². The lowest BCUT2D eigenvalue weighted by Gasteiger charge is -2.35. The van der Waals surface area contributed by atoms with Gasteiger partial charge in [-0.2, -0.15) is 10.4 Å². The van der Waals surface area contributed by atoms with Crippen molar-refractivity contribution in [2.45, 2.75) is 69.4 Å². The number of amides is 3. The Bertz CT molecular complexity index is 1620. The van der Waals surface area contributed by atoms with Crippen LogP contribution < -0.4 is 16.0 Å². The first-order valence-corrected chi connectivity index (χ1v) is 15.8. The number of likely N-dealkylation sites (tertiary alicyclic amines) is 1. The number of aryl methyl sites for hydroxylation is 2. The van der Waals surface area contributed by atoms with Crippen molar-refractivity contribution in [1.82, 2.24) is 36.0 Å². The predicted octanol–water partition coefficient (Wildman–Crippen LogP) is 2.57. The Balaban J connectivity index is 1.42. The number of H-pyrrole nitrogens is 1. The minimum absolute atomic E-state index is 0.0484. The normalized spacial score (nSPS) is 20.8. The number of piperidine rings is 1. The highest BCUT2D eigenvalue weighted by atomic mass is 16.2. The Morgan fingerprint density at radius 3 is 2.18 bits per heavy atom. The Kier molecular flexibility index (Phi) is 8.18. The Labute approximate surface area is 263 Å². The van der Waals surface area contributed by atoms with Gasteiger partial charge in [0.25, 0.3) is 11.8 Å². The van der Waals surface area contributed by atoms with Crippen LogP contribution in [0.1, 0.15) is 93.6 Å². The summed E-state index contributed by atoms with van der Waals surface area (Å²) in [4.78, 5) is 45.4. The lowest BCUT2D eigenvalue weighted by atomic mass is 9.69. The fourth-order valence-electron chi connectivity index (χ4n) is 7.26. The van der Waals surface area contributed by atoms with Crippen LogP contribution in [0.2, 0.25) is 0 Å². The number of aromatic amines is 1. The van der Waals surface area contributed by atoms with Crippen molar-refractivity contribution >= 4 is 17.7 Å². The van der Waals surface area contributed by atoms with Crippen molar-refractivity contribution in [2.75, 3.05) is 27.2 Å². The standard InChI is InChI=1S/C34H40N8O3/c1-19(2)30-39-33(41-40-30)34(11-12-38-18-29(43)42-25(17-35)15-24-16-28(24)42)26-9-7-22(31(44)36-3)13-20(26)5-6-21-14-23(32(45)37-4)8-10-27(21)34/h7-10,13-14,19,24-25,28,38H,5-6,11-12,15-16,18H2,1-4H3,(H,36,44)(H,37,45)(H,39,40,41)/t24-,25?,28+/m1/s1. The molecule has 6 rings (SSSR count). The molecule has 2 heterocycles. The smallest absolute Gasteiger partial charge is 0.251 e. The van der Waals surface area contributed by atoms with E-state index in [0.29, 0.717) is 48.7 Å². The number of benzene rings is 2. The first-order valence-electron chi connectivity index (χ1n) is 15.8. The molecule has 2 aliphatic carbocycles. The molecule has 3 amide bonds. The summed E-state index contributed by atoms with van der Waals surface area (Å²) in [5, 5.41) is 26.4. The highest BCUT2D eigenvalue weighted by Gasteiger charge is 2.54. The SMILES string of the molecule is CNC(=O)c1ccc2c(c1)CCc1cc(C(=O)NC)ccc1C2(CCNCC(=O)N1C(C#N)C[C@@H]2C[C@@H]21)c1n[nH]c(C(C)C)n1. The molecule has 1 saturated carbocycles. The third kappa shape index (κ3) is 5.37. The van der Waals surface area contributed by atoms with E-state index in [1.54, 1.807) is 19.0 Å². The van der Waals surface area contributed by atoms with Gasteiger partial charge in [0.2, 0.25) is 5.91 Å². The summed E-state index contributed by atoms with van der Waals surface area (Å²) in [7, 11) is 3.24. The van der Waals surface area contributed by atoms with E-state index >= 15 is 0 Å². The quantitative estimate of drug-likeness (QED) is 0.272. The van der Waals surface area contributed by atoms with Crippen LogP contribution in [-0.2, 0) is 23.1 Å². The van der Waals surface area contributed by atoms with E-state index in [1.807, 2.05) is 36.4 Å². The van der Waals surface area contributed by atoms with Crippen LogP contribution in [0, 0.1) is 17.2 Å². The Morgan fingerprint density at radius 1 is 1.02 bits per heavy atom. The Morgan fingerprint density at radius 2 is 1.64 bits per heavy atom. The van der Waals surface area contributed by atoms with Crippen LogP contribution in [-0.4, -0.2) is 77.1 Å². The van der Waals surface area contributed by atoms with Crippen molar-refractivity contribution in [3.05, 3.63) is 81.4 Å². The summed E-state index contributed by atoms with van der Waals surface area (Å²) < 4.78 is 0. The van der Waals surface area contributed by atoms with Crippen LogP contribution >= 0.6 is 0 Å². The number of aromatic nitrogens is 3. The summed E-state index contributed by atoms with van der Waals surface area (Å²) >= 11 is 0. The van der Waals surface area contributed by atoms with Crippen molar-refractivity contribution in [1.29, 1.82) is 5.26 Å². The summed E-state index contributed by atoms with van der Waals surface area (Å²) in [5.74, 6) is 1.57. The maximum atomic E-state index is 13.2. The number of hydrogen-bond acceptors (Lipinski definition) is 7. The number of nitriles is 1. The van der Waals surface area contributed by atoms with E-state index in [9.17, 15) is 19.6 Å². The van der Waals surface area contributed by atoms with Gasteiger partial charge in [0.15, 0.2) is 5.82 Å². The average molecular weight is 609 g/mol. The lowest BCUT2D eigenvalue weighted by molar-refractivity contribution is -0.131. The van der Waals surface area contributed by atoms with E-state index in [1.165, 1.54) is 0 Å². The van der Waals surface area contributed by atoms with Gasteiger partial charge in [-0.15, -0.1) is 0 Å². The molecular formula is C34H40N8O3. The van der Waals surface area contributed by atoms with E-state index < -0.39 is 5.41 Å². The second-order valence-corrected chi connectivity index (χ2v) is 12.7. The fraction of sp³-hybridized carbons (Fsp3) is 0.471. The van der Waals surface area contributed by atoms with Gasteiger partial charge in [0.1, 0.15) is 11.9 Å². The molecule has 234 valence electrons. The molecule has 1 aromatic heterocycles. The summed E-state index contributed by atoms with van der Waals surface area (Å²) in [6, 6.07) is 13.7. The van der Waals surface area contributed by atoms with Crippen LogP contribution in [0.5, 0.6) is 0 Å². The molecule has 3 aliphatic rings. The first-order chi connectivity index (χ1) is 21.7. The zero-order valence-corrected chi connectivity index (χ0v) is 26.2. The molecule has 4 N–H and O–H groups in total. The molecule has 45 heavy (non-hydrogen) atoms. The molecule has 1 aliphatic heterocycles. The number of nitrogens with zero attached hydrogens (tertiary/aromatic N) is 4. The third-order valence-electron chi connectivity index (χ3n) is 9.70. The second kappa shape index (κ2) is 12.1. The summed E-state index contributed by atoms with van der Waals surface area (Å²) in [5.41, 5.74) is 4.31. The zero-order chi connectivity index (χ0) is 31.9. The zero-order valence-electron chi connectivity index (χ0n) is 26.2. The molecule has 1 saturated heterocycles. The molecule has 2 aromatic carbocycles. The lowest BCUT2D eigenvalue weighted by Crippen LogP contribution is -2.44. The first kappa shape index (κ1) is 30.5. The Hall–Kier alpha value is -4.56. The largest absolute Gasteiger partial charge is 0.355 e. The van der Waals surface area contributed by atoms with Gasteiger partial charge in [-0.05, 0) is 91.1 Å². The van der Waals surface area contributed by atoms with E-state index in [4.69, 9.17) is 10.1 Å². The highest BCUT2D eigenvalue weighted by Crippen LogP contribution is 2.48. The van der Waals surface area contributed by atoms with Gasteiger partial charge in [-0.3, -0.25) is 19.5 Å². The predicted molar refractivity (Wildman–Crippen MR) is 168 cm³/mol. The number of fused-ring (bicyclic) bond motifs is 3. The molecule has 0 radical (unpaired) electrons. The van der Waals surface area contributed by atoms with Crippen molar-refractivity contribution in [3.63, 3.8) is 0 Å². The third-order valence-corrected chi connectivity index (χ3v) is 9.70. The number of hydrogen-bond donors (Lipinski definition) is 4. The van der Waals surface area contributed by atoms with Crippen LogP contribution in [0.4, 0.5) is 0 Å². The minimum atomic E-state index is -0.840. The van der Waals surface area contributed by atoms with Crippen molar-refractivity contribution < 1.29 is 14.4 Å². The van der Waals surface area contributed by atoms with E-state index in [0.717, 1.165) is 40.9 Å². The van der Waals surface area contributed by atoms with Gasteiger partial charge < -0.3 is 20.9 Å². The molecule has 3 aromatic rings. The number of carbonyl (C=O) groups is 3. The molecule has 1 unspecified atom stereocenters. The van der Waals surface area contributed by atoms with E-state index in [2.05, 4.69) is 41.0 Å². The van der Waals surface area contributed by atoms with Crippen LogP contribution in [0.25, 0.3) is 0 Å². The van der Waals surface area contributed by atoms with Gasteiger partial charge >= 0.3 is 0 Å². The van der Waals surface area contributed by atoms with Crippen LogP contribution in [0.15, 0.2) is 36.4 Å². The van der Waals surface area contributed by atoms with Crippen molar-refractivity contribution in [3.8, 4) is 6.07 Å². The minimum Gasteiger partial charge on any atom is -0.355 e. The number of carbonyl (C=O) groups excluding carboxylic acids is 3. The number of rotatable bonds is 9. The molecule has 3 atom stereocenters. The fourth-order valence-corrected chi connectivity index (χ4v) is 7.26. The molecule has 0 spiro atoms. The van der Waals surface area contributed by atoms with E-state index in [-0.39, 0.29) is 42.3 Å². The van der Waals surface area contributed by atoms with Gasteiger partial charge in [-0.25, -0.2) is 4.98 Å². The second-order valence-electron chi connectivity index (χ2n) is 12.7.